The summed E-state index contributed by atoms with van der Waals surface area (Å²) in [6, 6.07) is 0. The first-order valence-electron chi connectivity index (χ1n) is 3.26. The fraction of sp³-hybridized carbons (Fsp3) is 0.833. The van der Waals surface area contributed by atoms with Gasteiger partial charge >= 0.3 is 0 Å². The summed E-state index contributed by atoms with van der Waals surface area (Å²) in [6.45, 7) is 1.95. The van der Waals surface area contributed by atoms with Crippen LogP contribution in [-0.4, -0.2) is 24.8 Å². The Morgan fingerprint density at radius 3 is 3.11 bits per heavy atom. The average Bonchev–Trinajstić information content (AvgIpc) is 2.34. The van der Waals surface area contributed by atoms with Gasteiger partial charge in [0.25, 0.3) is 0 Å². The molecule has 0 amide bonds. The molecule has 9 heavy (non-hydrogen) atoms. The monoisotopic (exact) mass is 146 g/mol. The molecule has 0 aromatic heterocycles. The first-order valence-corrected chi connectivity index (χ1v) is 3.80. The smallest absolute Gasteiger partial charge is 0.0964 e. The Morgan fingerprint density at radius 2 is 2.56 bits per heavy atom. The van der Waals surface area contributed by atoms with Gasteiger partial charge in [0.15, 0.2) is 0 Å². The molecule has 0 aromatic carbocycles. The zero-order chi connectivity index (χ0) is 6.53. The Labute approximate surface area is 60.3 Å². The van der Waals surface area contributed by atoms with E-state index in [1.807, 2.05) is 0 Å². The number of amidine groups is 1. The van der Waals surface area contributed by atoms with E-state index >= 15 is 0 Å². The fourth-order valence-electron chi connectivity index (χ4n) is 0.849. The number of hydrogen-bond acceptors (Lipinski definition) is 2. The number of nitrogens with zero attached hydrogens (tertiary/aromatic N) is 1. The lowest BCUT2D eigenvalue weighted by Crippen LogP contribution is -2.18. The van der Waals surface area contributed by atoms with E-state index in [0.29, 0.717) is 0 Å². The van der Waals surface area contributed by atoms with Gasteiger partial charge in [-0.2, -0.15) is 0 Å². The van der Waals surface area contributed by atoms with Crippen molar-refractivity contribution in [1.29, 1.82) is 0 Å². The van der Waals surface area contributed by atoms with E-state index in [4.69, 9.17) is 11.6 Å². The van der Waals surface area contributed by atoms with Gasteiger partial charge < -0.3 is 5.32 Å². The van der Waals surface area contributed by atoms with Crippen molar-refractivity contribution >= 4 is 17.4 Å². The van der Waals surface area contributed by atoms with Gasteiger partial charge in [0.2, 0.25) is 0 Å². The molecule has 0 saturated carbocycles. The zero-order valence-corrected chi connectivity index (χ0v) is 6.12. The lowest BCUT2D eigenvalue weighted by Gasteiger charge is -1.97. The molecule has 3 heteroatoms. The molecule has 2 nitrogen and oxygen atoms in total. The van der Waals surface area contributed by atoms with Gasteiger partial charge in [0.1, 0.15) is 0 Å². The second-order valence-corrected chi connectivity index (χ2v) is 2.43. The van der Waals surface area contributed by atoms with Crippen molar-refractivity contribution in [3.8, 4) is 0 Å². The van der Waals surface area contributed by atoms with Gasteiger partial charge in [-0.05, 0) is 6.42 Å². The highest BCUT2D eigenvalue weighted by Gasteiger charge is 2.02. The molecule has 0 spiro atoms. The third kappa shape index (κ3) is 2.22. The molecular formula is C6H11ClN2. The fourth-order valence-corrected chi connectivity index (χ4v) is 0.982. The minimum atomic E-state index is 0.737. The molecule has 0 bridgehead atoms. The maximum Gasteiger partial charge on any atom is 0.0964 e. The number of halogens is 1. The van der Waals surface area contributed by atoms with Gasteiger partial charge in [-0.25, -0.2) is 0 Å². The Bertz CT molecular complexity index is 112. The molecule has 52 valence electrons. The normalized spacial score (nSPS) is 17.2. The Hall–Kier alpha value is -0.240. The van der Waals surface area contributed by atoms with E-state index in [0.717, 1.165) is 37.6 Å². The highest BCUT2D eigenvalue weighted by Crippen LogP contribution is 1.96. The summed E-state index contributed by atoms with van der Waals surface area (Å²) in [7, 11) is 0. The van der Waals surface area contributed by atoms with Gasteiger partial charge in [-0.3, -0.25) is 4.99 Å². The van der Waals surface area contributed by atoms with Gasteiger partial charge in [-0.1, -0.05) is 0 Å². The summed E-state index contributed by atoms with van der Waals surface area (Å²) in [5.41, 5.74) is 0. The molecule has 0 atom stereocenters. The van der Waals surface area contributed by atoms with Crippen LogP contribution >= 0.6 is 11.6 Å². The van der Waals surface area contributed by atoms with Crippen LogP contribution in [0.3, 0.4) is 0 Å². The third-order valence-corrected chi connectivity index (χ3v) is 1.56. The van der Waals surface area contributed by atoms with E-state index in [1.54, 1.807) is 0 Å². The second-order valence-electron chi connectivity index (χ2n) is 2.05. The quantitative estimate of drug-likeness (QED) is 0.591. The first-order chi connectivity index (χ1) is 4.43. The van der Waals surface area contributed by atoms with Crippen LogP contribution in [0.1, 0.15) is 12.8 Å². The van der Waals surface area contributed by atoms with E-state index in [9.17, 15) is 0 Å². The minimum Gasteiger partial charge on any atom is -0.372 e. The Balaban J connectivity index is 2.11. The van der Waals surface area contributed by atoms with E-state index in [1.165, 1.54) is 0 Å². The van der Waals surface area contributed by atoms with Gasteiger partial charge in [0.05, 0.1) is 12.4 Å². The van der Waals surface area contributed by atoms with Crippen LogP contribution in [0, 0.1) is 0 Å². The highest BCUT2D eigenvalue weighted by molar-refractivity contribution is 6.17. The Morgan fingerprint density at radius 1 is 1.67 bits per heavy atom. The second kappa shape index (κ2) is 3.72. The molecule has 1 aliphatic rings. The summed E-state index contributed by atoms with van der Waals surface area (Å²) in [5, 5.41) is 3.18. The third-order valence-electron chi connectivity index (χ3n) is 1.29. The molecule has 0 fully saturated rings. The summed E-state index contributed by atoms with van der Waals surface area (Å²) >= 11 is 5.50. The molecule has 0 aliphatic carbocycles. The largest absolute Gasteiger partial charge is 0.372 e. The summed E-state index contributed by atoms with van der Waals surface area (Å²) in [6.07, 6.45) is 2.05. The number of rotatable bonds is 3. The lowest BCUT2D eigenvalue weighted by molar-refractivity contribution is 0.924. The first kappa shape index (κ1) is 6.87. The van der Waals surface area contributed by atoms with Crippen molar-refractivity contribution in [2.75, 3.05) is 19.0 Å². The molecule has 0 unspecified atom stereocenters. The number of aliphatic imine (C=N–C) groups is 1. The maximum absolute atomic E-state index is 5.50. The molecule has 0 radical (unpaired) electrons. The van der Waals surface area contributed by atoms with Crippen LogP contribution in [0.2, 0.25) is 0 Å². The van der Waals surface area contributed by atoms with Crippen molar-refractivity contribution in [2.24, 2.45) is 4.99 Å². The highest BCUT2D eigenvalue weighted by atomic mass is 35.5. The molecule has 1 heterocycles. The lowest BCUT2D eigenvalue weighted by atomic mass is 10.3. The average molecular weight is 147 g/mol. The van der Waals surface area contributed by atoms with Gasteiger partial charge in [0, 0.05) is 18.8 Å². The summed E-state index contributed by atoms with van der Waals surface area (Å²) in [5.74, 6) is 1.87. The van der Waals surface area contributed by atoms with E-state index in [2.05, 4.69) is 10.3 Å². The van der Waals surface area contributed by atoms with E-state index < -0.39 is 0 Å². The summed E-state index contributed by atoms with van der Waals surface area (Å²) < 4.78 is 0. The standard InChI is InChI=1S/C6H11ClN2/c7-3-1-2-6-8-4-5-9-6/h1-5H2,(H,8,9). The molecule has 0 saturated heterocycles. The van der Waals surface area contributed by atoms with Crippen molar-refractivity contribution in [3.05, 3.63) is 0 Å². The number of alkyl halides is 1. The molecule has 1 rings (SSSR count). The molecular weight excluding hydrogens is 136 g/mol. The van der Waals surface area contributed by atoms with E-state index in [-0.39, 0.29) is 0 Å². The number of nitrogens with one attached hydrogen (secondary N) is 1. The van der Waals surface area contributed by atoms with Crippen LogP contribution in [0.4, 0.5) is 0 Å². The van der Waals surface area contributed by atoms with Crippen LogP contribution in [0.25, 0.3) is 0 Å². The van der Waals surface area contributed by atoms with Gasteiger partial charge in [-0.15, -0.1) is 11.6 Å². The minimum absolute atomic E-state index is 0.737. The van der Waals surface area contributed by atoms with Crippen molar-refractivity contribution in [1.82, 2.24) is 5.32 Å². The number of hydrogen-bond donors (Lipinski definition) is 1. The van der Waals surface area contributed by atoms with Crippen molar-refractivity contribution in [3.63, 3.8) is 0 Å². The topological polar surface area (TPSA) is 24.4 Å². The van der Waals surface area contributed by atoms with Crippen molar-refractivity contribution < 1.29 is 0 Å². The predicted octanol–water partition coefficient (Wildman–Crippen LogP) is 1.01. The predicted molar refractivity (Wildman–Crippen MR) is 40.3 cm³/mol. The van der Waals surface area contributed by atoms with Crippen LogP contribution < -0.4 is 5.32 Å². The summed E-state index contributed by atoms with van der Waals surface area (Å²) in [4.78, 5) is 4.22. The molecule has 1 aliphatic heterocycles. The SMILES string of the molecule is ClCCCC1=NCCN1. The Kier molecular flexibility index (Phi) is 2.84. The zero-order valence-electron chi connectivity index (χ0n) is 5.36. The van der Waals surface area contributed by atoms with Crippen LogP contribution in [-0.2, 0) is 0 Å². The maximum atomic E-state index is 5.50. The van der Waals surface area contributed by atoms with Crippen LogP contribution in [0.5, 0.6) is 0 Å². The van der Waals surface area contributed by atoms with Crippen LogP contribution in [0.15, 0.2) is 4.99 Å². The molecule has 1 N–H and O–H groups in total. The molecule has 0 aromatic rings. The van der Waals surface area contributed by atoms with Crippen molar-refractivity contribution in [2.45, 2.75) is 12.8 Å².